The van der Waals surface area contributed by atoms with E-state index in [9.17, 15) is 4.79 Å². The number of carbonyl (C=O) groups excluding carboxylic acids is 1. The Kier molecular flexibility index (Phi) is 5.23. The van der Waals surface area contributed by atoms with Crippen LogP contribution in [0.5, 0.6) is 0 Å². The highest BCUT2D eigenvalue weighted by Crippen LogP contribution is 2.24. The number of rotatable bonds is 6. The molecule has 5 heteroatoms. The summed E-state index contributed by atoms with van der Waals surface area (Å²) in [5.74, 6) is -0.0442. The lowest BCUT2D eigenvalue weighted by molar-refractivity contribution is 0.0499. The van der Waals surface area contributed by atoms with Crippen molar-refractivity contribution in [2.45, 2.75) is 26.7 Å². The highest BCUT2D eigenvalue weighted by atomic mass is 16.5. The number of anilines is 2. The molecule has 5 nitrogen and oxygen atoms in total. The first-order chi connectivity index (χ1) is 12.2. The van der Waals surface area contributed by atoms with Crippen molar-refractivity contribution in [1.29, 1.82) is 0 Å². The zero-order chi connectivity index (χ0) is 17.6. The normalized spacial score (nSPS) is 10.6. The van der Waals surface area contributed by atoms with Gasteiger partial charge in [-0.2, -0.15) is 0 Å². The molecule has 0 spiro atoms. The second-order valence-electron chi connectivity index (χ2n) is 5.68. The number of carbonyl (C=O) groups is 1. The Labute approximate surface area is 147 Å². The topological polar surface area (TPSA) is 64.1 Å². The van der Waals surface area contributed by atoms with Gasteiger partial charge < -0.3 is 10.1 Å². The predicted octanol–water partition coefficient (Wildman–Crippen LogP) is 4.50. The molecule has 0 radical (unpaired) electrons. The standard InChI is InChI=1S/C20H21N3O2/c1-3-13-25-20(24)18-19(22-15-10-6-5-9-14(15)4-2)23-17-12-8-7-11-16(17)21-18/h5-12H,3-4,13H2,1-2H3,(H,22,23). The van der Waals surface area contributed by atoms with Crippen LogP contribution in [0, 0.1) is 0 Å². The third kappa shape index (κ3) is 3.76. The van der Waals surface area contributed by atoms with Crippen LogP contribution in [-0.2, 0) is 11.2 Å². The van der Waals surface area contributed by atoms with Crippen molar-refractivity contribution >= 4 is 28.5 Å². The average Bonchev–Trinajstić information content (AvgIpc) is 2.66. The first kappa shape index (κ1) is 16.9. The molecular weight excluding hydrogens is 314 g/mol. The van der Waals surface area contributed by atoms with Gasteiger partial charge in [0.15, 0.2) is 11.5 Å². The summed E-state index contributed by atoms with van der Waals surface area (Å²) in [5.41, 5.74) is 3.66. The Morgan fingerprint density at radius 3 is 2.40 bits per heavy atom. The van der Waals surface area contributed by atoms with Gasteiger partial charge in [-0.25, -0.2) is 14.8 Å². The maximum atomic E-state index is 12.4. The van der Waals surface area contributed by atoms with Crippen LogP contribution >= 0.6 is 0 Å². The Bertz CT molecular complexity index is 893. The van der Waals surface area contributed by atoms with Gasteiger partial charge in [0.05, 0.1) is 17.6 Å². The fourth-order valence-electron chi connectivity index (χ4n) is 2.57. The molecule has 0 amide bonds. The van der Waals surface area contributed by atoms with Crippen LogP contribution in [0.2, 0.25) is 0 Å². The van der Waals surface area contributed by atoms with Gasteiger partial charge in [0, 0.05) is 5.69 Å². The van der Waals surface area contributed by atoms with Crippen molar-refractivity contribution in [1.82, 2.24) is 9.97 Å². The molecule has 0 saturated carbocycles. The number of benzene rings is 2. The Hall–Kier alpha value is -2.95. The van der Waals surface area contributed by atoms with E-state index in [2.05, 4.69) is 22.2 Å². The zero-order valence-corrected chi connectivity index (χ0v) is 14.5. The van der Waals surface area contributed by atoms with Crippen molar-refractivity contribution in [2.24, 2.45) is 0 Å². The third-order valence-electron chi connectivity index (χ3n) is 3.85. The maximum absolute atomic E-state index is 12.4. The van der Waals surface area contributed by atoms with Gasteiger partial charge in [-0.15, -0.1) is 0 Å². The summed E-state index contributed by atoms with van der Waals surface area (Å²) in [6, 6.07) is 15.4. The summed E-state index contributed by atoms with van der Waals surface area (Å²) < 4.78 is 5.28. The summed E-state index contributed by atoms with van der Waals surface area (Å²) in [4.78, 5) is 21.5. The Balaban J connectivity index is 2.06. The van der Waals surface area contributed by atoms with Crippen LogP contribution in [0.4, 0.5) is 11.5 Å². The molecule has 2 aromatic carbocycles. The van der Waals surface area contributed by atoms with Gasteiger partial charge in [0.25, 0.3) is 0 Å². The fraction of sp³-hybridized carbons (Fsp3) is 0.250. The second-order valence-corrected chi connectivity index (χ2v) is 5.68. The number of hydrogen-bond acceptors (Lipinski definition) is 5. The number of fused-ring (bicyclic) bond motifs is 1. The van der Waals surface area contributed by atoms with Crippen LogP contribution < -0.4 is 5.32 Å². The SMILES string of the molecule is CCCOC(=O)c1nc2ccccc2nc1Nc1ccccc1CC. The molecule has 25 heavy (non-hydrogen) atoms. The number of aryl methyl sites for hydroxylation is 1. The molecule has 1 N–H and O–H groups in total. The van der Waals surface area contributed by atoms with Crippen molar-refractivity contribution in [3.63, 3.8) is 0 Å². The molecule has 0 saturated heterocycles. The van der Waals surface area contributed by atoms with Gasteiger partial charge in [0.2, 0.25) is 0 Å². The molecule has 1 heterocycles. The van der Waals surface area contributed by atoms with Crippen LogP contribution in [-0.4, -0.2) is 22.5 Å². The van der Waals surface area contributed by atoms with E-state index < -0.39 is 5.97 Å². The molecule has 0 unspecified atom stereocenters. The van der Waals surface area contributed by atoms with Crippen molar-refractivity contribution < 1.29 is 9.53 Å². The highest BCUT2D eigenvalue weighted by Gasteiger charge is 2.18. The summed E-state index contributed by atoms with van der Waals surface area (Å²) in [7, 11) is 0. The first-order valence-electron chi connectivity index (χ1n) is 8.51. The van der Waals surface area contributed by atoms with Gasteiger partial charge in [0.1, 0.15) is 0 Å². The van der Waals surface area contributed by atoms with Crippen molar-refractivity contribution in [3.05, 3.63) is 59.8 Å². The minimum absolute atomic E-state index is 0.207. The number of hydrogen-bond donors (Lipinski definition) is 1. The smallest absolute Gasteiger partial charge is 0.360 e. The largest absolute Gasteiger partial charge is 0.461 e. The maximum Gasteiger partial charge on any atom is 0.360 e. The van der Waals surface area contributed by atoms with E-state index in [1.54, 1.807) is 0 Å². The van der Waals surface area contributed by atoms with Gasteiger partial charge in [-0.1, -0.05) is 44.2 Å². The van der Waals surface area contributed by atoms with E-state index in [0.29, 0.717) is 17.9 Å². The summed E-state index contributed by atoms with van der Waals surface area (Å²) >= 11 is 0. The van der Waals surface area contributed by atoms with Crippen molar-refractivity contribution in [2.75, 3.05) is 11.9 Å². The fourth-order valence-corrected chi connectivity index (χ4v) is 2.57. The molecule has 0 aliphatic carbocycles. The summed E-state index contributed by atoms with van der Waals surface area (Å²) in [6.45, 7) is 4.40. The van der Waals surface area contributed by atoms with Crippen LogP contribution in [0.15, 0.2) is 48.5 Å². The minimum atomic E-state index is -0.461. The number of ether oxygens (including phenoxy) is 1. The van der Waals surface area contributed by atoms with Gasteiger partial charge in [-0.05, 0) is 36.6 Å². The van der Waals surface area contributed by atoms with E-state index in [1.165, 1.54) is 0 Å². The minimum Gasteiger partial charge on any atom is -0.461 e. The van der Waals surface area contributed by atoms with E-state index in [4.69, 9.17) is 4.74 Å². The summed E-state index contributed by atoms with van der Waals surface area (Å²) in [5, 5.41) is 3.27. The first-order valence-corrected chi connectivity index (χ1v) is 8.51. The van der Waals surface area contributed by atoms with Gasteiger partial charge in [-0.3, -0.25) is 0 Å². The number of para-hydroxylation sites is 3. The second kappa shape index (κ2) is 7.75. The van der Waals surface area contributed by atoms with E-state index >= 15 is 0 Å². The Morgan fingerprint density at radius 2 is 1.68 bits per heavy atom. The monoisotopic (exact) mass is 335 g/mol. The molecule has 0 fully saturated rings. The quantitative estimate of drug-likeness (QED) is 0.672. The number of nitrogens with one attached hydrogen (secondary N) is 1. The number of aromatic nitrogens is 2. The Morgan fingerprint density at radius 1 is 1.00 bits per heavy atom. The van der Waals surface area contributed by atoms with Crippen molar-refractivity contribution in [3.8, 4) is 0 Å². The highest BCUT2D eigenvalue weighted by molar-refractivity contribution is 5.96. The third-order valence-corrected chi connectivity index (χ3v) is 3.85. The lowest BCUT2D eigenvalue weighted by Crippen LogP contribution is -2.13. The molecule has 0 bridgehead atoms. The van der Waals surface area contributed by atoms with Gasteiger partial charge >= 0.3 is 5.97 Å². The van der Waals surface area contributed by atoms with Crippen LogP contribution in [0.1, 0.15) is 36.3 Å². The predicted molar refractivity (Wildman–Crippen MR) is 99.2 cm³/mol. The molecule has 3 aromatic rings. The lowest BCUT2D eigenvalue weighted by atomic mass is 10.1. The molecule has 0 aliphatic heterocycles. The van der Waals surface area contributed by atoms with E-state index in [1.807, 2.05) is 55.5 Å². The van der Waals surface area contributed by atoms with E-state index in [-0.39, 0.29) is 5.69 Å². The average molecular weight is 335 g/mol. The van der Waals surface area contributed by atoms with Crippen LogP contribution in [0.3, 0.4) is 0 Å². The molecule has 1 aromatic heterocycles. The molecular formula is C20H21N3O2. The number of nitrogens with zero attached hydrogens (tertiary/aromatic N) is 2. The van der Waals surface area contributed by atoms with E-state index in [0.717, 1.165) is 29.6 Å². The molecule has 0 atom stereocenters. The zero-order valence-electron chi connectivity index (χ0n) is 14.5. The number of esters is 1. The molecule has 3 rings (SSSR count). The lowest BCUT2D eigenvalue weighted by Gasteiger charge is -2.13. The molecule has 128 valence electrons. The molecule has 0 aliphatic rings. The van der Waals surface area contributed by atoms with Crippen LogP contribution in [0.25, 0.3) is 11.0 Å². The summed E-state index contributed by atoms with van der Waals surface area (Å²) in [6.07, 6.45) is 1.63.